The van der Waals surface area contributed by atoms with Crippen LogP contribution in [0, 0.1) is 6.92 Å². The van der Waals surface area contributed by atoms with E-state index in [9.17, 15) is 14.4 Å². The number of rotatable bonds is 10. The summed E-state index contributed by atoms with van der Waals surface area (Å²) in [5.74, 6) is -0.269. The Morgan fingerprint density at radius 2 is 1.66 bits per heavy atom. The number of aryl methyl sites for hydroxylation is 2. The third kappa shape index (κ3) is 6.10. The molecule has 0 amide bonds. The van der Waals surface area contributed by atoms with Crippen molar-refractivity contribution in [3.8, 4) is 0 Å². The van der Waals surface area contributed by atoms with Gasteiger partial charge in [-0.2, -0.15) is 0 Å². The molecule has 1 heterocycles. The van der Waals surface area contributed by atoms with E-state index >= 15 is 0 Å². The van der Waals surface area contributed by atoms with Crippen molar-refractivity contribution in [2.45, 2.75) is 46.6 Å². The third-order valence-electron chi connectivity index (χ3n) is 7.21. The Balaban J connectivity index is 1.51. The lowest BCUT2D eigenvalue weighted by Crippen LogP contribution is -2.17. The summed E-state index contributed by atoms with van der Waals surface area (Å²) in [6, 6.07) is 18.9. The van der Waals surface area contributed by atoms with Gasteiger partial charge in [-0.15, -0.1) is 11.8 Å². The lowest BCUT2D eigenvalue weighted by atomic mass is 9.97. The fourth-order valence-electron chi connectivity index (χ4n) is 5.16. The number of carbonyl (C=O) groups is 3. The minimum absolute atomic E-state index is 0.0362. The molecule has 0 N–H and O–H groups in total. The Morgan fingerprint density at radius 3 is 2.32 bits per heavy atom. The van der Waals surface area contributed by atoms with Crippen molar-refractivity contribution in [1.29, 1.82) is 0 Å². The number of oxime groups is 1. The molecule has 0 bridgehead atoms. The summed E-state index contributed by atoms with van der Waals surface area (Å²) >= 11 is 1.65. The molecule has 208 valence electrons. The lowest BCUT2D eigenvalue weighted by molar-refractivity contribution is -0.140. The SMILES string of the molecule is CCn1c2ccc(C(=O)/C(CCSC3=CCCC=C3)=N/OC(C)=O)cc2c2cc(C(=O)c3ccccc3C)ccc21. The van der Waals surface area contributed by atoms with E-state index in [0.29, 0.717) is 28.9 Å². The zero-order valence-corrected chi connectivity index (χ0v) is 24.3. The van der Waals surface area contributed by atoms with Crippen LogP contribution in [0.1, 0.15) is 65.0 Å². The molecule has 0 radical (unpaired) electrons. The molecule has 7 heteroatoms. The summed E-state index contributed by atoms with van der Waals surface area (Å²) in [5.41, 5.74) is 4.81. The Hall–Kier alpha value is -4.23. The predicted molar refractivity (Wildman–Crippen MR) is 167 cm³/mol. The van der Waals surface area contributed by atoms with Crippen LogP contribution in [0.4, 0.5) is 0 Å². The number of benzene rings is 3. The van der Waals surface area contributed by atoms with Crippen LogP contribution < -0.4 is 0 Å². The average Bonchev–Trinajstić information content (AvgIpc) is 3.31. The number of allylic oxidation sites excluding steroid dienone is 3. The zero-order valence-electron chi connectivity index (χ0n) is 23.5. The van der Waals surface area contributed by atoms with E-state index in [1.165, 1.54) is 11.8 Å². The fraction of sp³-hybridized carbons (Fsp3) is 0.235. The first-order chi connectivity index (χ1) is 19.9. The van der Waals surface area contributed by atoms with Gasteiger partial charge in [-0.1, -0.05) is 47.6 Å². The number of aromatic nitrogens is 1. The highest BCUT2D eigenvalue weighted by atomic mass is 32.2. The first kappa shape index (κ1) is 28.3. The second-order valence-electron chi connectivity index (χ2n) is 9.99. The van der Waals surface area contributed by atoms with Gasteiger partial charge in [0.15, 0.2) is 5.78 Å². The van der Waals surface area contributed by atoms with Crippen LogP contribution in [0.25, 0.3) is 21.8 Å². The maximum absolute atomic E-state index is 13.7. The van der Waals surface area contributed by atoms with Gasteiger partial charge in [0, 0.05) is 69.0 Å². The van der Waals surface area contributed by atoms with Gasteiger partial charge in [0.2, 0.25) is 5.78 Å². The molecule has 0 aliphatic heterocycles. The number of ketones is 2. The van der Waals surface area contributed by atoms with Crippen LogP contribution in [0.3, 0.4) is 0 Å². The summed E-state index contributed by atoms with van der Waals surface area (Å²) in [7, 11) is 0. The van der Waals surface area contributed by atoms with Crippen LogP contribution in [-0.4, -0.2) is 33.6 Å². The average molecular weight is 565 g/mol. The van der Waals surface area contributed by atoms with Crippen LogP contribution in [0.2, 0.25) is 0 Å². The van der Waals surface area contributed by atoms with Gasteiger partial charge in [-0.05, 0) is 68.7 Å². The van der Waals surface area contributed by atoms with Crippen molar-refractivity contribution in [3.63, 3.8) is 0 Å². The normalized spacial score (nSPS) is 13.4. The standard InChI is InChI=1S/C34H32N2O4S/c1-4-36-31-16-14-24(33(38)27-13-9-8-10-22(27)2)20-28(31)29-21-25(15-17-32(29)36)34(39)30(35-40-23(3)37)18-19-41-26-11-6-5-7-12-26/h6,8-17,20-21H,4-5,7,18-19H2,1-3H3/b35-30+. The van der Waals surface area contributed by atoms with E-state index in [-0.39, 0.29) is 17.3 Å². The van der Waals surface area contributed by atoms with Crippen molar-refractivity contribution in [2.75, 3.05) is 5.75 Å². The number of nitrogens with zero attached hydrogens (tertiary/aromatic N) is 2. The Kier molecular flexibility index (Phi) is 8.64. The third-order valence-corrected chi connectivity index (χ3v) is 8.25. The molecule has 1 aromatic heterocycles. The minimum Gasteiger partial charge on any atom is -0.341 e. The number of hydrogen-bond donors (Lipinski definition) is 0. The number of carbonyl (C=O) groups excluding carboxylic acids is 3. The van der Waals surface area contributed by atoms with E-state index < -0.39 is 5.97 Å². The maximum atomic E-state index is 13.7. The predicted octanol–water partition coefficient (Wildman–Crippen LogP) is 7.81. The number of thioether (sulfide) groups is 1. The molecule has 6 nitrogen and oxygen atoms in total. The number of fused-ring (bicyclic) bond motifs is 3. The second-order valence-corrected chi connectivity index (χ2v) is 11.2. The molecular weight excluding hydrogens is 532 g/mol. The highest BCUT2D eigenvalue weighted by molar-refractivity contribution is 8.03. The molecule has 1 aliphatic carbocycles. The van der Waals surface area contributed by atoms with E-state index in [1.807, 2.05) is 61.5 Å². The van der Waals surface area contributed by atoms with E-state index in [0.717, 1.165) is 46.8 Å². The van der Waals surface area contributed by atoms with Crippen molar-refractivity contribution in [2.24, 2.45) is 5.16 Å². The molecule has 0 atom stereocenters. The Bertz CT molecular complexity index is 1760. The molecule has 41 heavy (non-hydrogen) atoms. The summed E-state index contributed by atoms with van der Waals surface area (Å²) in [5, 5.41) is 5.73. The fourth-order valence-corrected chi connectivity index (χ4v) is 6.12. The minimum atomic E-state index is -0.576. The summed E-state index contributed by atoms with van der Waals surface area (Å²) in [4.78, 5) is 44.7. The molecule has 0 fully saturated rings. The molecule has 0 saturated heterocycles. The number of Topliss-reactive ketones (excluding diaryl/α,β-unsaturated/α-hetero) is 1. The molecule has 0 unspecified atom stereocenters. The second kappa shape index (κ2) is 12.5. The van der Waals surface area contributed by atoms with Gasteiger partial charge in [-0.25, -0.2) is 4.79 Å². The molecule has 0 saturated carbocycles. The van der Waals surface area contributed by atoms with Crippen LogP contribution in [0.15, 0.2) is 89.0 Å². The van der Waals surface area contributed by atoms with E-state index in [4.69, 9.17) is 4.84 Å². The smallest absolute Gasteiger partial charge is 0.331 e. The lowest BCUT2D eigenvalue weighted by Gasteiger charge is -2.08. The Labute approximate surface area is 243 Å². The molecule has 4 aromatic rings. The van der Waals surface area contributed by atoms with Crippen molar-refractivity contribution >= 4 is 56.8 Å². The highest BCUT2D eigenvalue weighted by Crippen LogP contribution is 2.32. The monoisotopic (exact) mass is 564 g/mol. The molecular formula is C34H32N2O4S. The van der Waals surface area contributed by atoms with Crippen LogP contribution >= 0.6 is 11.8 Å². The first-order valence-corrected chi connectivity index (χ1v) is 14.8. The van der Waals surface area contributed by atoms with Gasteiger partial charge >= 0.3 is 5.97 Å². The van der Waals surface area contributed by atoms with Gasteiger partial charge in [-0.3, -0.25) is 9.59 Å². The quantitative estimate of drug-likeness (QED) is 0.0850. The maximum Gasteiger partial charge on any atom is 0.331 e. The van der Waals surface area contributed by atoms with Crippen molar-refractivity contribution in [1.82, 2.24) is 4.57 Å². The van der Waals surface area contributed by atoms with Gasteiger partial charge < -0.3 is 9.40 Å². The Morgan fingerprint density at radius 1 is 0.951 bits per heavy atom. The highest BCUT2D eigenvalue weighted by Gasteiger charge is 2.20. The molecule has 0 spiro atoms. The van der Waals surface area contributed by atoms with Crippen molar-refractivity contribution in [3.05, 3.63) is 106 Å². The molecule has 3 aromatic carbocycles. The topological polar surface area (TPSA) is 77.7 Å². The van der Waals surface area contributed by atoms with Gasteiger partial charge in [0.25, 0.3) is 0 Å². The van der Waals surface area contributed by atoms with Gasteiger partial charge in [0.05, 0.1) is 0 Å². The zero-order chi connectivity index (χ0) is 28.9. The van der Waals surface area contributed by atoms with Gasteiger partial charge in [0.1, 0.15) is 5.71 Å². The van der Waals surface area contributed by atoms with Crippen LogP contribution in [0.5, 0.6) is 0 Å². The van der Waals surface area contributed by atoms with E-state index in [2.05, 4.69) is 34.9 Å². The summed E-state index contributed by atoms with van der Waals surface area (Å²) in [6.07, 6.45) is 8.82. The summed E-state index contributed by atoms with van der Waals surface area (Å²) < 4.78 is 2.18. The molecule has 5 rings (SSSR count). The largest absolute Gasteiger partial charge is 0.341 e. The van der Waals surface area contributed by atoms with Crippen molar-refractivity contribution < 1.29 is 19.2 Å². The van der Waals surface area contributed by atoms with Crippen LogP contribution in [-0.2, 0) is 16.2 Å². The van der Waals surface area contributed by atoms with E-state index in [1.54, 1.807) is 17.8 Å². The number of hydrogen-bond acceptors (Lipinski definition) is 6. The first-order valence-electron chi connectivity index (χ1n) is 13.8. The summed E-state index contributed by atoms with van der Waals surface area (Å²) in [6.45, 7) is 6.00. The molecule has 1 aliphatic rings.